The van der Waals surface area contributed by atoms with Crippen molar-refractivity contribution < 1.29 is 38.1 Å². The molecule has 2 aliphatic rings. The van der Waals surface area contributed by atoms with Crippen molar-refractivity contribution >= 4 is 17.9 Å². The second kappa shape index (κ2) is 6.76. The molecule has 0 amide bonds. The molecule has 0 radical (unpaired) electrons. The minimum absolute atomic E-state index is 0.140. The maximum absolute atomic E-state index is 12.7. The average molecular weight is 356 g/mol. The smallest absolute Gasteiger partial charge is 0.355 e. The summed E-state index contributed by atoms with van der Waals surface area (Å²) in [4.78, 5) is 36.0. The van der Waals surface area contributed by atoms with Crippen LogP contribution in [0.25, 0.3) is 0 Å². The third kappa shape index (κ3) is 3.55. The highest BCUT2D eigenvalue weighted by molar-refractivity contribution is 5.87. The minimum Gasteiger partial charge on any atom is -0.453 e. The first-order valence-electron chi connectivity index (χ1n) is 8.05. The van der Waals surface area contributed by atoms with Gasteiger partial charge >= 0.3 is 17.9 Å². The van der Waals surface area contributed by atoms with Crippen LogP contribution in [0.2, 0.25) is 0 Å². The summed E-state index contributed by atoms with van der Waals surface area (Å²) in [7, 11) is 0. The van der Waals surface area contributed by atoms with E-state index in [0.29, 0.717) is 0 Å². The summed E-state index contributed by atoms with van der Waals surface area (Å²) in [6, 6.07) is 0. The van der Waals surface area contributed by atoms with Crippen LogP contribution in [0.4, 0.5) is 0 Å². The van der Waals surface area contributed by atoms with Gasteiger partial charge in [0, 0.05) is 19.8 Å². The van der Waals surface area contributed by atoms with Crippen LogP contribution >= 0.6 is 0 Å². The molecule has 25 heavy (non-hydrogen) atoms. The molecule has 2 fully saturated rings. The predicted octanol–water partition coefficient (Wildman–Crippen LogP) is 1.12. The maximum atomic E-state index is 12.7. The quantitative estimate of drug-likeness (QED) is 0.411. The molecule has 2 rings (SSSR count). The van der Waals surface area contributed by atoms with Gasteiger partial charge in [-0.25, -0.2) is 4.79 Å². The Balaban J connectivity index is 2.46. The molecule has 0 saturated carbocycles. The summed E-state index contributed by atoms with van der Waals surface area (Å²) in [5.74, 6) is -3.67. The molecule has 8 heteroatoms. The Hall–Kier alpha value is -1.93. The standard InChI is InChI=1S/C17H24O8/c1-7-9(2)17(24-11(4)19)14(22-10(3)18)13(23-15(17)20)12-8-21-16(5,6)25-12/h7,9,12-14H,1,8H2,2-6H3/t9-,12-,13+,14-,17-/m0/s1. The van der Waals surface area contributed by atoms with E-state index in [-0.39, 0.29) is 6.61 Å². The summed E-state index contributed by atoms with van der Waals surface area (Å²) in [6.07, 6.45) is -1.38. The minimum atomic E-state index is -1.82. The molecular formula is C17H24O8. The number of carbonyl (C=O) groups excluding carboxylic acids is 3. The zero-order valence-corrected chi connectivity index (χ0v) is 15.1. The lowest BCUT2D eigenvalue weighted by molar-refractivity contribution is -0.191. The van der Waals surface area contributed by atoms with Gasteiger partial charge in [0.2, 0.25) is 0 Å². The van der Waals surface area contributed by atoms with Crippen LogP contribution in [0.3, 0.4) is 0 Å². The number of ether oxygens (including phenoxy) is 5. The summed E-state index contributed by atoms with van der Waals surface area (Å²) >= 11 is 0. The van der Waals surface area contributed by atoms with Gasteiger partial charge in [0.25, 0.3) is 5.60 Å². The summed E-state index contributed by atoms with van der Waals surface area (Å²) < 4.78 is 27.4. The van der Waals surface area contributed by atoms with Crippen LogP contribution in [0.5, 0.6) is 0 Å². The number of esters is 3. The Morgan fingerprint density at radius 2 is 1.96 bits per heavy atom. The van der Waals surface area contributed by atoms with E-state index in [1.807, 2.05) is 0 Å². The number of hydrogen-bond donors (Lipinski definition) is 0. The molecule has 0 spiro atoms. The molecule has 2 saturated heterocycles. The first kappa shape index (κ1) is 19.4. The number of cyclic esters (lactones) is 1. The molecule has 8 nitrogen and oxygen atoms in total. The molecule has 0 unspecified atom stereocenters. The molecule has 5 atom stereocenters. The largest absolute Gasteiger partial charge is 0.453 e. The molecule has 0 aliphatic carbocycles. The van der Waals surface area contributed by atoms with Crippen LogP contribution in [0.15, 0.2) is 12.7 Å². The highest BCUT2D eigenvalue weighted by Gasteiger charge is 2.67. The zero-order valence-electron chi connectivity index (χ0n) is 15.1. The van der Waals surface area contributed by atoms with Gasteiger partial charge in [-0.05, 0) is 13.8 Å². The third-order valence-corrected chi connectivity index (χ3v) is 4.32. The normalized spacial score (nSPS) is 34.9. The highest BCUT2D eigenvalue weighted by atomic mass is 16.8. The van der Waals surface area contributed by atoms with E-state index >= 15 is 0 Å². The topological polar surface area (TPSA) is 97.4 Å². The van der Waals surface area contributed by atoms with Gasteiger partial charge in [0.15, 0.2) is 18.0 Å². The lowest BCUT2D eigenvalue weighted by Crippen LogP contribution is -2.57. The van der Waals surface area contributed by atoms with Crippen molar-refractivity contribution in [1.29, 1.82) is 0 Å². The second-order valence-corrected chi connectivity index (χ2v) is 6.68. The van der Waals surface area contributed by atoms with E-state index in [1.165, 1.54) is 19.9 Å². The molecule has 0 bridgehead atoms. The van der Waals surface area contributed by atoms with Crippen molar-refractivity contribution in [3.8, 4) is 0 Å². The Morgan fingerprint density at radius 3 is 2.40 bits per heavy atom. The van der Waals surface area contributed by atoms with Gasteiger partial charge in [0.05, 0.1) is 6.61 Å². The van der Waals surface area contributed by atoms with E-state index in [2.05, 4.69) is 6.58 Å². The van der Waals surface area contributed by atoms with Crippen molar-refractivity contribution in [3.05, 3.63) is 12.7 Å². The fourth-order valence-electron chi connectivity index (χ4n) is 3.17. The maximum Gasteiger partial charge on any atom is 0.355 e. The van der Waals surface area contributed by atoms with Crippen molar-refractivity contribution in [2.75, 3.05) is 6.61 Å². The van der Waals surface area contributed by atoms with Crippen LogP contribution < -0.4 is 0 Å². The summed E-state index contributed by atoms with van der Waals surface area (Å²) in [6.45, 7) is 11.2. The Labute approximate surface area is 146 Å². The van der Waals surface area contributed by atoms with Gasteiger partial charge in [-0.1, -0.05) is 13.0 Å². The number of rotatable bonds is 5. The number of carbonyl (C=O) groups is 3. The fraction of sp³-hybridized carbons (Fsp3) is 0.706. The second-order valence-electron chi connectivity index (χ2n) is 6.68. The van der Waals surface area contributed by atoms with Gasteiger partial charge < -0.3 is 23.7 Å². The molecule has 0 N–H and O–H groups in total. The van der Waals surface area contributed by atoms with Gasteiger partial charge in [-0.3, -0.25) is 9.59 Å². The molecule has 2 heterocycles. The molecule has 0 aromatic rings. The van der Waals surface area contributed by atoms with Gasteiger partial charge in [-0.2, -0.15) is 0 Å². The van der Waals surface area contributed by atoms with Crippen LogP contribution in [0.1, 0.15) is 34.6 Å². The first-order chi connectivity index (χ1) is 11.5. The molecular weight excluding hydrogens is 332 g/mol. The van der Waals surface area contributed by atoms with Gasteiger partial charge in [-0.15, -0.1) is 6.58 Å². The molecule has 0 aromatic heterocycles. The van der Waals surface area contributed by atoms with Crippen LogP contribution in [-0.4, -0.2) is 54.2 Å². The van der Waals surface area contributed by atoms with E-state index in [9.17, 15) is 14.4 Å². The third-order valence-electron chi connectivity index (χ3n) is 4.32. The highest BCUT2D eigenvalue weighted by Crippen LogP contribution is 2.42. The first-order valence-corrected chi connectivity index (χ1v) is 8.05. The van der Waals surface area contributed by atoms with E-state index < -0.39 is 53.5 Å². The molecule has 140 valence electrons. The Morgan fingerprint density at radius 1 is 1.32 bits per heavy atom. The summed E-state index contributed by atoms with van der Waals surface area (Å²) in [5, 5.41) is 0. The zero-order chi connectivity index (χ0) is 19.0. The predicted molar refractivity (Wildman–Crippen MR) is 84.2 cm³/mol. The number of hydrogen-bond acceptors (Lipinski definition) is 8. The van der Waals surface area contributed by atoms with Crippen molar-refractivity contribution in [2.45, 2.75) is 64.3 Å². The van der Waals surface area contributed by atoms with Crippen LogP contribution in [-0.2, 0) is 38.1 Å². The fourth-order valence-corrected chi connectivity index (χ4v) is 3.17. The van der Waals surface area contributed by atoms with E-state index in [0.717, 1.165) is 0 Å². The monoisotopic (exact) mass is 356 g/mol. The van der Waals surface area contributed by atoms with Crippen molar-refractivity contribution in [3.63, 3.8) is 0 Å². The SMILES string of the molecule is C=C[C@H](C)[C@@]1(OC(C)=O)C(=O)O[C@H]([C@@H]2COC(C)(C)O2)[C@@H]1OC(C)=O. The Kier molecular flexibility index (Phi) is 5.24. The Bertz CT molecular complexity index is 583. The van der Waals surface area contributed by atoms with E-state index in [4.69, 9.17) is 23.7 Å². The van der Waals surface area contributed by atoms with Gasteiger partial charge in [0.1, 0.15) is 6.10 Å². The van der Waals surface area contributed by atoms with E-state index in [1.54, 1.807) is 20.8 Å². The van der Waals surface area contributed by atoms with Crippen molar-refractivity contribution in [1.82, 2.24) is 0 Å². The average Bonchev–Trinajstić information content (AvgIpc) is 2.97. The molecule has 0 aromatic carbocycles. The lowest BCUT2D eigenvalue weighted by Gasteiger charge is -2.35. The van der Waals surface area contributed by atoms with Crippen molar-refractivity contribution in [2.24, 2.45) is 5.92 Å². The lowest BCUT2D eigenvalue weighted by atomic mass is 9.82. The molecule has 2 aliphatic heterocycles. The summed E-state index contributed by atoms with van der Waals surface area (Å²) in [5.41, 5.74) is -1.82. The van der Waals surface area contributed by atoms with Crippen LogP contribution in [0, 0.1) is 5.92 Å².